The summed E-state index contributed by atoms with van der Waals surface area (Å²) in [5.74, 6) is 0.728. The Kier molecular flexibility index (Phi) is 12.0. The molecule has 8 heteroatoms. The number of amides is 1. The number of hydrogen-bond donors (Lipinski definition) is 3. The molecule has 3 N–H and O–H groups in total. The van der Waals surface area contributed by atoms with Crippen LogP contribution in [0.15, 0.2) is 22.5 Å². The van der Waals surface area contributed by atoms with Crippen LogP contribution in [0.5, 0.6) is 0 Å². The minimum atomic E-state index is -0.0133. The molecular weight excluding hydrogens is 451 g/mol. The van der Waals surface area contributed by atoms with Gasteiger partial charge in [-0.15, -0.1) is 35.3 Å². The molecule has 0 aliphatic carbocycles. The maximum atomic E-state index is 11.8. The van der Waals surface area contributed by atoms with E-state index < -0.39 is 0 Å². The number of ether oxygens (including phenoxy) is 1. The van der Waals surface area contributed by atoms with E-state index >= 15 is 0 Å². The molecule has 1 aromatic rings. The molecule has 6 nitrogen and oxygen atoms in total. The zero-order valence-electron chi connectivity index (χ0n) is 15.7. The molecule has 1 aromatic heterocycles. The van der Waals surface area contributed by atoms with E-state index in [1.165, 1.54) is 11.3 Å². The Morgan fingerprint density at radius 1 is 1.28 bits per heavy atom. The number of nitrogens with zero attached hydrogens (tertiary/aromatic N) is 1. The van der Waals surface area contributed by atoms with Crippen LogP contribution in [0.4, 0.5) is 0 Å². The fourth-order valence-corrected chi connectivity index (χ4v) is 2.79. The minimum absolute atomic E-state index is 0. The number of carbonyl (C=O) groups is 1. The van der Waals surface area contributed by atoms with Gasteiger partial charge in [0.25, 0.3) is 5.91 Å². The maximum Gasteiger partial charge on any atom is 0.261 e. The molecule has 0 bridgehead atoms. The number of carbonyl (C=O) groups excluding carboxylic acids is 1. The second-order valence-electron chi connectivity index (χ2n) is 6.56. The lowest BCUT2D eigenvalue weighted by Gasteiger charge is -2.30. The Hall–Kier alpha value is -0.870. The van der Waals surface area contributed by atoms with Crippen LogP contribution in [0.3, 0.4) is 0 Å². The van der Waals surface area contributed by atoms with E-state index in [0.29, 0.717) is 13.1 Å². The summed E-state index contributed by atoms with van der Waals surface area (Å²) in [5.41, 5.74) is 0.0622. The standard InChI is InChI=1S/C17H30N4O2S.HI/c1-17(2,3)14(23-5)12-21-16(18-4)20-10-7-9-19-15(22)13-8-6-11-24-13;/h6,8,11,14H,7,9-10,12H2,1-5H3,(H,19,22)(H2,18,20,21);1H. The Balaban J connectivity index is 0.00000576. The fourth-order valence-electron chi connectivity index (χ4n) is 2.15. The van der Waals surface area contributed by atoms with Gasteiger partial charge in [-0.1, -0.05) is 26.8 Å². The first-order valence-corrected chi connectivity index (χ1v) is 9.05. The highest BCUT2D eigenvalue weighted by atomic mass is 127. The van der Waals surface area contributed by atoms with E-state index in [1.807, 2.05) is 17.5 Å². The zero-order valence-corrected chi connectivity index (χ0v) is 18.9. The molecule has 0 fully saturated rings. The van der Waals surface area contributed by atoms with Crippen molar-refractivity contribution in [1.29, 1.82) is 0 Å². The Bertz CT molecular complexity index is 515. The van der Waals surface area contributed by atoms with Gasteiger partial charge in [-0.25, -0.2) is 0 Å². The number of aliphatic imine (C=N–C) groups is 1. The van der Waals surface area contributed by atoms with Crippen LogP contribution >= 0.6 is 35.3 Å². The van der Waals surface area contributed by atoms with Crippen molar-refractivity contribution in [3.8, 4) is 0 Å². The summed E-state index contributed by atoms with van der Waals surface area (Å²) >= 11 is 1.45. The molecule has 1 rings (SSSR count). The van der Waals surface area contributed by atoms with E-state index in [2.05, 4.69) is 41.7 Å². The van der Waals surface area contributed by atoms with Crippen molar-refractivity contribution >= 4 is 47.2 Å². The van der Waals surface area contributed by atoms with Crippen molar-refractivity contribution in [3.05, 3.63) is 22.4 Å². The number of thiophene rings is 1. The van der Waals surface area contributed by atoms with Gasteiger partial charge in [-0.05, 0) is 23.3 Å². The molecule has 1 atom stereocenters. The lowest BCUT2D eigenvalue weighted by atomic mass is 9.89. The number of guanidine groups is 1. The summed E-state index contributed by atoms with van der Waals surface area (Å²) in [6.07, 6.45) is 0.922. The predicted molar refractivity (Wildman–Crippen MR) is 116 cm³/mol. The number of hydrogen-bond acceptors (Lipinski definition) is 4. The van der Waals surface area contributed by atoms with Gasteiger partial charge in [-0.2, -0.15) is 0 Å². The second-order valence-corrected chi connectivity index (χ2v) is 7.50. The third-order valence-electron chi connectivity index (χ3n) is 3.61. The van der Waals surface area contributed by atoms with Gasteiger partial charge in [0, 0.05) is 33.8 Å². The summed E-state index contributed by atoms with van der Waals surface area (Å²) in [6, 6.07) is 3.70. The summed E-state index contributed by atoms with van der Waals surface area (Å²) in [4.78, 5) is 16.7. The van der Waals surface area contributed by atoms with E-state index in [9.17, 15) is 4.79 Å². The zero-order chi connectivity index (χ0) is 18.0. The molecule has 144 valence electrons. The normalized spacial score (nSPS) is 12.9. The van der Waals surface area contributed by atoms with Crippen LogP contribution in [0.1, 0.15) is 36.9 Å². The number of rotatable bonds is 8. The van der Waals surface area contributed by atoms with Crippen LogP contribution in [0.25, 0.3) is 0 Å². The molecule has 0 aliphatic rings. The van der Waals surface area contributed by atoms with Gasteiger partial charge in [-0.3, -0.25) is 9.79 Å². The molecule has 0 spiro atoms. The van der Waals surface area contributed by atoms with E-state index in [0.717, 1.165) is 23.8 Å². The topological polar surface area (TPSA) is 74.8 Å². The van der Waals surface area contributed by atoms with Gasteiger partial charge in [0.1, 0.15) is 0 Å². The lowest BCUT2D eigenvalue weighted by molar-refractivity contribution is 0.0205. The van der Waals surface area contributed by atoms with Crippen LogP contribution in [0, 0.1) is 5.41 Å². The molecular formula is C17H31IN4O2S. The predicted octanol–water partition coefficient (Wildman–Crippen LogP) is 2.71. The molecule has 0 aromatic carbocycles. The summed E-state index contributed by atoms with van der Waals surface area (Å²) in [6.45, 7) is 8.50. The van der Waals surface area contributed by atoms with Gasteiger partial charge in [0.15, 0.2) is 5.96 Å². The van der Waals surface area contributed by atoms with Gasteiger partial charge < -0.3 is 20.7 Å². The quantitative estimate of drug-likeness (QED) is 0.231. The number of nitrogens with one attached hydrogen (secondary N) is 3. The van der Waals surface area contributed by atoms with Crippen LogP contribution < -0.4 is 16.0 Å². The van der Waals surface area contributed by atoms with Crippen LogP contribution in [0.2, 0.25) is 0 Å². The molecule has 25 heavy (non-hydrogen) atoms. The lowest BCUT2D eigenvalue weighted by Crippen LogP contribution is -2.45. The van der Waals surface area contributed by atoms with Crippen molar-refractivity contribution in [2.75, 3.05) is 33.8 Å². The number of halogens is 1. The first-order chi connectivity index (χ1) is 11.4. The fraction of sp³-hybridized carbons (Fsp3) is 0.647. The smallest absolute Gasteiger partial charge is 0.261 e. The first kappa shape index (κ1) is 24.1. The highest BCUT2D eigenvalue weighted by Crippen LogP contribution is 2.20. The maximum absolute atomic E-state index is 11.8. The average Bonchev–Trinajstić information content (AvgIpc) is 3.06. The molecule has 1 unspecified atom stereocenters. The van der Waals surface area contributed by atoms with Crippen molar-refractivity contribution in [1.82, 2.24) is 16.0 Å². The highest BCUT2D eigenvalue weighted by Gasteiger charge is 2.24. The summed E-state index contributed by atoms with van der Waals surface area (Å²) < 4.78 is 5.52. The minimum Gasteiger partial charge on any atom is -0.379 e. The van der Waals surface area contributed by atoms with Crippen molar-refractivity contribution < 1.29 is 9.53 Å². The summed E-state index contributed by atoms with van der Waals surface area (Å²) in [7, 11) is 3.47. The van der Waals surface area contributed by atoms with Crippen LogP contribution in [-0.2, 0) is 4.74 Å². The average molecular weight is 482 g/mol. The second kappa shape index (κ2) is 12.5. The van der Waals surface area contributed by atoms with Crippen LogP contribution in [-0.4, -0.2) is 51.8 Å². The Morgan fingerprint density at radius 3 is 2.48 bits per heavy atom. The van der Waals surface area contributed by atoms with Gasteiger partial charge >= 0.3 is 0 Å². The molecule has 0 saturated heterocycles. The first-order valence-electron chi connectivity index (χ1n) is 8.17. The van der Waals surface area contributed by atoms with Gasteiger partial charge in [0.05, 0.1) is 11.0 Å². The third kappa shape index (κ3) is 9.41. The molecule has 1 heterocycles. The monoisotopic (exact) mass is 482 g/mol. The van der Waals surface area contributed by atoms with Crippen molar-refractivity contribution in [2.45, 2.75) is 33.3 Å². The Labute approximate surface area is 172 Å². The molecule has 0 aliphatic heterocycles. The largest absolute Gasteiger partial charge is 0.379 e. The molecule has 1 amide bonds. The SMILES string of the molecule is CN=C(NCCCNC(=O)c1cccs1)NCC(OC)C(C)(C)C.I. The van der Waals surface area contributed by atoms with E-state index in [1.54, 1.807) is 14.2 Å². The van der Waals surface area contributed by atoms with Crippen molar-refractivity contribution in [3.63, 3.8) is 0 Å². The Morgan fingerprint density at radius 2 is 1.96 bits per heavy atom. The molecule has 0 radical (unpaired) electrons. The molecule has 0 saturated carbocycles. The highest BCUT2D eigenvalue weighted by molar-refractivity contribution is 14.0. The number of methoxy groups -OCH3 is 1. The summed E-state index contributed by atoms with van der Waals surface area (Å²) in [5, 5.41) is 11.3. The van der Waals surface area contributed by atoms with Gasteiger partial charge in [0.2, 0.25) is 0 Å². The van der Waals surface area contributed by atoms with E-state index in [-0.39, 0.29) is 41.4 Å². The van der Waals surface area contributed by atoms with Crippen molar-refractivity contribution in [2.24, 2.45) is 10.4 Å². The van der Waals surface area contributed by atoms with E-state index in [4.69, 9.17) is 4.74 Å². The third-order valence-corrected chi connectivity index (χ3v) is 4.47.